The number of hydrogen-bond acceptors (Lipinski definition) is 4. The molecule has 0 radical (unpaired) electrons. The summed E-state index contributed by atoms with van der Waals surface area (Å²) in [5.41, 5.74) is 8.25. The van der Waals surface area contributed by atoms with E-state index >= 15 is 0 Å². The molecular formula is C15H24N2O2. The van der Waals surface area contributed by atoms with Crippen molar-refractivity contribution in [3.05, 3.63) is 23.3 Å². The largest absolute Gasteiger partial charge is 0.494 e. The molecule has 1 aliphatic heterocycles. The molecule has 1 heterocycles. The summed E-state index contributed by atoms with van der Waals surface area (Å²) in [5.74, 6) is 1.91. The Kier molecular flexibility index (Phi) is 4.32. The Morgan fingerprint density at radius 1 is 1.47 bits per heavy atom. The van der Waals surface area contributed by atoms with E-state index in [0.29, 0.717) is 13.2 Å². The van der Waals surface area contributed by atoms with E-state index in [2.05, 4.69) is 24.0 Å². The molecule has 0 saturated heterocycles. The van der Waals surface area contributed by atoms with E-state index in [4.69, 9.17) is 15.2 Å². The molecule has 106 valence electrons. The van der Waals surface area contributed by atoms with Crippen molar-refractivity contribution in [1.82, 2.24) is 4.90 Å². The van der Waals surface area contributed by atoms with E-state index in [-0.39, 0.29) is 12.1 Å². The van der Waals surface area contributed by atoms with Gasteiger partial charge in [0.15, 0.2) is 0 Å². The van der Waals surface area contributed by atoms with Crippen LogP contribution in [0.15, 0.2) is 12.1 Å². The highest BCUT2D eigenvalue weighted by Crippen LogP contribution is 2.38. The molecule has 19 heavy (non-hydrogen) atoms. The second-order valence-corrected chi connectivity index (χ2v) is 5.28. The quantitative estimate of drug-likeness (QED) is 0.883. The Morgan fingerprint density at radius 3 is 2.79 bits per heavy atom. The number of nitrogens with zero attached hydrogens (tertiary/aromatic N) is 1. The predicted molar refractivity (Wildman–Crippen MR) is 76.9 cm³/mol. The highest BCUT2D eigenvalue weighted by Gasteiger charge is 2.25. The van der Waals surface area contributed by atoms with E-state index < -0.39 is 0 Å². The number of rotatable bonds is 5. The van der Waals surface area contributed by atoms with E-state index in [9.17, 15) is 0 Å². The Balaban J connectivity index is 2.43. The van der Waals surface area contributed by atoms with Gasteiger partial charge in [-0.25, -0.2) is 0 Å². The third-order valence-corrected chi connectivity index (χ3v) is 3.53. The van der Waals surface area contributed by atoms with Gasteiger partial charge in [0, 0.05) is 24.1 Å². The van der Waals surface area contributed by atoms with Gasteiger partial charge in [0.2, 0.25) is 0 Å². The van der Waals surface area contributed by atoms with Crippen molar-refractivity contribution >= 4 is 0 Å². The molecule has 1 aromatic rings. The molecule has 0 spiro atoms. The van der Waals surface area contributed by atoms with Crippen molar-refractivity contribution in [2.24, 2.45) is 5.73 Å². The molecule has 0 saturated carbocycles. The number of likely N-dealkylation sites (N-methyl/N-ethyl adjacent to an activating group) is 1. The lowest BCUT2D eigenvalue weighted by atomic mass is 10.0. The van der Waals surface area contributed by atoms with Crippen LogP contribution in [0.4, 0.5) is 0 Å². The van der Waals surface area contributed by atoms with Crippen LogP contribution in [0.1, 0.15) is 31.0 Å². The predicted octanol–water partition coefficient (Wildman–Crippen LogP) is 1.97. The van der Waals surface area contributed by atoms with Gasteiger partial charge in [-0.15, -0.1) is 0 Å². The second kappa shape index (κ2) is 5.80. The van der Waals surface area contributed by atoms with Crippen LogP contribution in [0.5, 0.6) is 11.5 Å². The number of nitrogens with two attached hydrogens (primary N) is 1. The standard InChI is InChI=1S/C15H24N2O2/c1-5-18-15-7-11-6-10(2)19-14(11)8-12(15)13(9-16)17(3)4/h7-8,10,13H,5-6,9,16H2,1-4H3. The normalized spacial score (nSPS) is 19.2. The summed E-state index contributed by atoms with van der Waals surface area (Å²) in [4.78, 5) is 2.11. The summed E-state index contributed by atoms with van der Waals surface area (Å²) >= 11 is 0. The molecule has 0 bridgehead atoms. The molecule has 4 nitrogen and oxygen atoms in total. The molecule has 1 aliphatic rings. The molecule has 0 aromatic heterocycles. The van der Waals surface area contributed by atoms with Gasteiger partial charge in [0.05, 0.1) is 12.6 Å². The lowest BCUT2D eigenvalue weighted by Gasteiger charge is -2.25. The minimum absolute atomic E-state index is 0.145. The average molecular weight is 264 g/mol. The van der Waals surface area contributed by atoms with Crippen molar-refractivity contribution in [2.45, 2.75) is 32.4 Å². The van der Waals surface area contributed by atoms with Crippen LogP contribution in [-0.4, -0.2) is 38.3 Å². The topological polar surface area (TPSA) is 47.7 Å². The minimum atomic E-state index is 0.145. The molecule has 4 heteroatoms. The summed E-state index contributed by atoms with van der Waals surface area (Å²) in [6.07, 6.45) is 1.20. The zero-order chi connectivity index (χ0) is 14.0. The maximum absolute atomic E-state index is 5.91. The minimum Gasteiger partial charge on any atom is -0.494 e. The first-order chi connectivity index (χ1) is 9.06. The molecule has 0 aliphatic carbocycles. The third kappa shape index (κ3) is 2.85. The summed E-state index contributed by atoms with van der Waals surface area (Å²) in [6.45, 7) is 5.31. The van der Waals surface area contributed by atoms with Crippen molar-refractivity contribution in [3.8, 4) is 11.5 Å². The lowest BCUT2D eigenvalue weighted by Crippen LogP contribution is -2.27. The van der Waals surface area contributed by atoms with Crippen LogP contribution < -0.4 is 15.2 Å². The summed E-state index contributed by atoms with van der Waals surface area (Å²) < 4.78 is 11.6. The monoisotopic (exact) mass is 264 g/mol. The number of ether oxygens (including phenoxy) is 2. The Hall–Kier alpha value is -1.26. The fourth-order valence-corrected chi connectivity index (χ4v) is 2.61. The summed E-state index contributed by atoms with van der Waals surface area (Å²) in [7, 11) is 4.06. The molecule has 2 rings (SSSR count). The van der Waals surface area contributed by atoms with Gasteiger partial charge in [-0.3, -0.25) is 0 Å². The van der Waals surface area contributed by atoms with Crippen molar-refractivity contribution < 1.29 is 9.47 Å². The van der Waals surface area contributed by atoms with Gasteiger partial charge in [0.25, 0.3) is 0 Å². The SMILES string of the molecule is CCOc1cc2c(cc1C(CN)N(C)C)OC(C)C2. The van der Waals surface area contributed by atoms with E-state index in [0.717, 1.165) is 23.5 Å². The number of fused-ring (bicyclic) bond motifs is 1. The average Bonchev–Trinajstić information content (AvgIpc) is 2.69. The van der Waals surface area contributed by atoms with Crippen LogP contribution in [0.3, 0.4) is 0 Å². The first-order valence-corrected chi connectivity index (χ1v) is 6.89. The third-order valence-electron chi connectivity index (χ3n) is 3.53. The molecule has 2 unspecified atom stereocenters. The van der Waals surface area contributed by atoms with Crippen LogP contribution in [0, 0.1) is 0 Å². The molecule has 0 fully saturated rings. The van der Waals surface area contributed by atoms with Crippen LogP contribution in [0.25, 0.3) is 0 Å². The van der Waals surface area contributed by atoms with Crippen molar-refractivity contribution in [3.63, 3.8) is 0 Å². The summed E-state index contributed by atoms with van der Waals surface area (Å²) in [5, 5.41) is 0. The molecule has 2 atom stereocenters. The first kappa shape index (κ1) is 14.2. The Bertz CT molecular complexity index is 446. The fourth-order valence-electron chi connectivity index (χ4n) is 2.61. The molecule has 2 N–H and O–H groups in total. The van der Waals surface area contributed by atoms with Crippen LogP contribution in [0.2, 0.25) is 0 Å². The number of hydrogen-bond donors (Lipinski definition) is 1. The van der Waals surface area contributed by atoms with Crippen LogP contribution >= 0.6 is 0 Å². The molecule has 0 amide bonds. The maximum Gasteiger partial charge on any atom is 0.124 e. The van der Waals surface area contributed by atoms with Gasteiger partial charge in [-0.2, -0.15) is 0 Å². The Labute approximate surface area is 115 Å². The highest BCUT2D eigenvalue weighted by atomic mass is 16.5. The van der Waals surface area contributed by atoms with Crippen molar-refractivity contribution in [2.75, 3.05) is 27.2 Å². The zero-order valence-corrected chi connectivity index (χ0v) is 12.3. The highest BCUT2D eigenvalue weighted by molar-refractivity contribution is 5.50. The smallest absolute Gasteiger partial charge is 0.124 e. The second-order valence-electron chi connectivity index (χ2n) is 5.28. The van der Waals surface area contributed by atoms with E-state index in [1.165, 1.54) is 5.56 Å². The van der Waals surface area contributed by atoms with E-state index in [1.54, 1.807) is 0 Å². The van der Waals surface area contributed by atoms with Crippen LogP contribution in [-0.2, 0) is 6.42 Å². The van der Waals surface area contributed by atoms with Gasteiger partial charge in [-0.1, -0.05) is 0 Å². The maximum atomic E-state index is 5.91. The van der Waals surface area contributed by atoms with Gasteiger partial charge in [0.1, 0.15) is 17.6 Å². The molecule has 1 aromatic carbocycles. The van der Waals surface area contributed by atoms with Crippen molar-refractivity contribution in [1.29, 1.82) is 0 Å². The number of benzene rings is 1. The Morgan fingerprint density at radius 2 is 2.21 bits per heavy atom. The van der Waals surface area contributed by atoms with Gasteiger partial charge < -0.3 is 20.1 Å². The lowest BCUT2D eigenvalue weighted by molar-refractivity contribution is 0.252. The fraction of sp³-hybridized carbons (Fsp3) is 0.600. The first-order valence-electron chi connectivity index (χ1n) is 6.89. The van der Waals surface area contributed by atoms with Gasteiger partial charge >= 0.3 is 0 Å². The van der Waals surface area contributed by atoms with Gasteiger partial charge in [-0.05, 0) is 40.1 Å². The molecular weight excluding hydrogens is 240 g/mol. The summed E-state index contributed by atoms with van der Waals surface area (Å²) in [6, 6.07) is 4.36. The zero-order valence-electron chi connectivity index (χ0n) is 12.3. The van der Waals surface area contributed by atoms with E-state index in [1.807, 2.05) is 21.0 Å².